The molecule has 1 saturated heterocycles. The van der Waals surface area contributed by atoms with Crippen molar-refractivity contribution < 1.29 is 0 Å². The predicted molar refractivity (Wildman–Crippen MR) is 82.9 cm³/mol. The standard InChI is InChI=1S/C16H23N5/c1-12(2)21-16(5-8-20-21)15-11-18-14(10-19-15)9-13-3-6-17-7-4-13/h5,8,10-13,17H,3-4,6-7,9H2,1-2H3. The van der Waals surface area contributed by atoms with E-state index in [1.54, 1.807) is 0 Å². The zero-order valence-electron chi connectivity index (χ0n) is 12.8. The van der Waals surface area contributed by atoms with Crippen LogP contribution in [0.3, 0.4) is 0 Å². The maximum Gasteiger partial charge on any atom is 0.107 e. The maximum atomic E-state index is 4.61. The number of piperidine rings is 1. The zero-order valence-corrected chi connectivity index (χ0v) is 12.8. The van der Waals surface area contributed by atoms with Crippen LogP contribution < -0.4 is 5.32 Å². The number of hydrogen-bond acceptors (Lipinski definition) is 4. The van der Waals surface area contributed by atoms with Crippen molar-refractivity contribution in [1.82, 2.24) is 25.1 Å². The van der Waals surface area contributed by atoms with Crippen molar-refractivity contribution in [1.29, 1.82) is 0 Å². The molecular formula is C16H23N5. The van der Waals surface area contributed by atoms with Gasteiger partial charge in [0.2, 0.25) is 0 Å². The third-order valence-electron chi connectivity index (χ3n) is 4.08. The molecule has 0 aliphatic carbocycles. The Balaban J connectivity index is 1.73. The highest BCUT2D eigenvalue weighted by molar-refractivity contribution is 5.52. The molecule has 1 N–H and O–H groups in total. The summed E-state index contributed by atoms with van der Waals surface area (Å²) >= 11 is 0. The molecule has 0 bridgehead atoms. The van der Waals surface area contributed by atoms with Crippen molar-refractivity contribution in [2.75, 3.05) is 13.1 Å². The summed E-state index contributed by atoms with van der Waals surface area (Å²) in [6, 6.07) is 2.32. The average molecular weight is 285 g/mol. The van der Waals surface area contributed by atoms with Gasteiger partial charge in [-0.25, -0.2) is 0 Å². The van der Waals surface area contributed by atoms with Crippen molar-refractivity contribution in [3.63, 3.8) is 0 Å². The van der Waals surface area contributed by atoms with E-state index in [1.807, 2.05) is 29.3 Å². The lowest BCUT2D eigenvalue weighted by Gasteiger charge is -2.22. The Morgan fingerprint density at radius 3 is 2.71 bits per heavy atom. The van der Waals surface area contributed by atoms with Crippen molar-refractivity contribution in [3.05, 3.63) is 30.4 Å². The van der Waals surface area contributed by atoms with Crippen LogP contribution in [0, 0.1) is 5.92 Å². The summed E-state index contributed by atoms with van der Waals surface area (Å²) < 4.78 is 1.98. The molecule has 5 nitrogen and oxygen atoms in total. The van der Waals surface area contributed by atoms with Gasteiger partial charge < -0.3 is 5.32 Å². The highest BCUT2D eigenvalue weighted by Crippen LogP contribution is 2.21. The second kappa shape index (κ2) is 6.35. The second-order valence-corrected chi connectivity index (χ2v) is 6.05. The quantitative estimate of drug-likeness (QED) is 0.937. The monoisotopic (exact) mass is 285 g/mol. The van der Waals surface area contributed by atoms with E-state index in [0.717, 1.165) is 42.5 Å². The molecule has 0 radical (unpaired) electrons. The molecule has 1 aliphatic rings. The fourth-order valence-electron chi connectivity index (χ4n) is 2.90. The number of hydrogen-bond donors (Lipinski definition) is 1. The van der Waals surface area contributed by atoms with Gasteiger partial charge in [0.05, 0.1) is 17.6 Å². The molecule has 112 valence electrons. The van der Waals surface area contributed by atoms with Crippen LogP contribution in [-0.4, -0.2) is 32.8 Å². The summed E-state index contributed by atoms with van der Waals surface area (Å²) in [7, 11) is 0. The minimum absolute atomic E-state index is 0.325. The number of aromatic nitrogens is 4. The van der Waals surface area contributed by atoms with Gasteiger partial charge in [0.25, 0.3) is 0 Å². The SMILES string of the molecule is CC(C)n1nccc1-c1cnc(CC2CCNCC2)cn1. The fraction of sp³-hybridized carbons (Fsp3) is 0.562. The van der Waals surface area contributed by atoms with Crippen LogP contribution in [-0.2, 0) is 6.42 Å². The highest BCUT2D eigenvalue weighted by atomic mass is 15.3. The van der Waals surface area contributed by atoms with Crippen LogP contribution in [0.2, 0.25) is 0 Å². The largest absolute Gasteiger partial charge is 0.317 e. The summed E-state index contributed by atoms with van der Waals surface area (Å²) in [5.74, 6) is 0.743. The Hall–Kier alpha value is -1.75. The van der Waals surface area contributed by atoms with Gasteiger partial charge in [0, 0.05) is 18.4 Å². The Bertz CT molecular complexity index is 567. The van der Waals surface area contributed by atoms with E-state index in [1.165, 1.54) is 12.8 Å². The molecule has 3 heterocycles. The minimum Gasteiger partial charge on any atom is -0.317 e. The van der Waals surface area contributed by atoms with E-state index in [2.05, 4.69) is 34.2 Å². The van der Waals surface area contributed by atoms with Crippen molar-refractivity contribution >= 4 is 0 Å². The van der Waals surface area contributed by atoms with Gasteiger partial charge in [-0.15, -0.1) is 0 Å². The van der Waals surface area contributed by atoms with E-state index in [-0.39, 0.29) is 0 Å². The van der Waals surface area contributed by atoms with Crippen LogP contribution in [0.25, 0.3) is 11.4 Å². The van der Waals surface area contributed by atoms with Gasteiger partial charge in [-0.1, -0.05) is 0 Å². The molecule has 5 heteroatoms. The lowest BCUT2D eigenvalue weighted by Crippen LogP contribution is -2.28. The molecule has 0 atom stereocenters. The molecular weight excluding hydrogens is 262 g/mol. The van der Waals surface area contributed by atoms with Crippen molar-refractivity contribution in [3.8, 4) is 11.4 Å². The number of nitrogens with zero attached hydrogens (tertiary/aromatic N) is 4. The van der Waals surface area contributed by atoms with Gasteiger partial charge in [-0.3, -0.25) is 14.6 Å². The smallest absolute Gasteiger partial charge is 0.107 e. The highest BCUT2D eigenvalue weighted by Gasteiger charge is 2.15. The second-order valence-electron chi connectivity index (χ2n) is 6.05. The Morgan fingerprint density at radius 2 is 2.05 bits per heavy atom. The summed E-state index contributed by atoms with van der Waals surface area (Å²) in [6.07, 6.45) is 9.15. The van der Waals surface area contributed by atoms with Crippen LogP contribution >= 0.6 is 0 Å². The Kier molecular flexibility index (Phi) is 4.29. The molecule has 0 amide bonds. The lowest BCUT2D eigenvalue weighted by atomic mass is 9.93. The van der Waals surface area contributed by atoms with Crippen LogP contribution in [0.15, 0.2) is 24.7 Å². The average Bonchev–Trinajstić information content (AvgIpc) is 2.99. The zero-order chi connectivity index (χ0) is 14.7. The van der Waals surface area contributed by atoms with Gasteiger partial charge >= 0.3 is 0 Å². The normalized spacial score (nSPS) is 16.5. The van der Waals surface area contributed by atoms with Gasteiger partial charge in [0.1, 0.15) is 5.69 Å². The number of nitrogens with one attached hydrogen (secondary N) is 1. The van der Waals surface area contributed by atoms with E-state index in [9.17, 15) is 0 Å². The summed E-state index contributed by atoms with van der Waals surface area (Å²) in [4.78, 5) is 9.20. The van der Waals surface area contributed by atoms with E-state index < -0.39 is 0 Å². The molecule has 0 aromatic carbocycles. The van der Waals surface area contributed by atoms with Gasteiger partial charge in [-0.2, -0.15) is 5.10 Å². The third kappa shape index (κ3) is 3.29. The molecule has 2 aromatic rings. The molecule has 1 aliphatic heterocycles. The Labute approximate surface area is 125 Å². The van der Waals surface area contributed by atoms with E-state index in [4.69, 9.17) is 0 Å². The van der Waals surface area contributed by atoms with E-state index in [0.29, 0.717) is 6.04 Å². The van der Waals surface area contributed by atoms with Gasteiger partial charge in [0.15, 0.2) is 0 Å². The molecule has 1 fully saturated rings. The van der Waals surface area contributed by atoms with Crippen LogP contribution in [0.4, 0.5) is 0 Å². The summed E-state index contributed by atoms with van der Waals surface area (Å²) in [5.41, 5.74) is 3.03. The first kappa shape index (κ1) is 14.2. The summed E-state index contributed by atoms with van der Waals surface area (Å²) in [6.45, 7) is 6.50. The maximum absolute atomic E-state index is 4.61. The van der Waals surface area contributed by atoms with E-state index >= 15 is 0 Å². The fourth-order valence-corrected chi connectivity index (χ4v) is 2.90. The van der Waals surface area contributed by atoms with Crippen molar-refractivity contribution in [2.24, 2.45) is 5.92 Å². The lowest BCUT2D eigenvalue weighted by molar-refractivity contribution is 0.370. The minimum atomic E-state index is 0.325. The van der Waals surface area contributed by atoms with Crippen LogP contribution in [0.5, 0.6) is 0 Å². The molecule has 3 rings (SSSR count). The van der Waals surface area contributed by atoms with Crippen molar-refractivity contribution in [2.45, 2.75) is 39.2 Å². The molecule has 0 unspecified atom stereocenters. The molecule has 21 heavy (non-hydrogen) atoms. The topological polar surface area (TPSA) is 55.6 Å². The first-order valence-corrected chi connectivity index (χ1v) is 7.79. The first-order chi connectivity index (χ1) is 10.2. The Morgan fingerprint density at radius 1 is 1.24 bits per heavy atom. The first-order valence-electron chi connectivity index (χ1n) is 7.79. The summed E-state index contributed by atoms with van der Waals surface area (Å²) in [5, 5.41) is 7.75. The molecule has 0 saturated carbocycles. The molecule has 0 spiro atoms. The van der Waals surface area contributed by atoms with Gasteiger partial charge in [-0.05, 0) is 58.2 Å². The number of rotatable bonds is 4. The van der Waals surface area contributed by atoms with Crippen LogP contribution in [0.1, 0.15) is 38.4 Å². The predicted octanol–water partition coefficient (Wildman–Crippen LogP) is 2.46. The third-order valence-corrected chi connectivity index (χ3v) is 4.08. The molecule has 2 aromatic heterocycles.